The van der Waals surface area contributed by atoms with Crippen molar-refractivity contribution in [3.05, 3.63) is 53.1 Å². The summed E-state index contributed by atoms with van der Waals surface area (Å²) in [5.41, 5.74) is 2.08. The molecular weight excluding hydrogens is 304 g/mol. The number of carbonyl (C=O) groups is 1. The van der Waals surface area contributed by atoms with E-state index >= 15 is 0 Å². The molecule has 0 aliphatic carbocycles. The second-order valence-corrected chi connectivity index (χ2v) is 6.96. The monoisotopic (exact) mass is 326 g/mol. The molecule has 0 unspecified atom stereocenters. The van der Waals surface area contributed by atoms with Gasteiger partial charge in [0.1, 0.15) is 11.5 Å². The van der Waals surface area contributed by atoms with Crippen LogP contribution >= 0.6 is 0 Å². The number of nitrogens with zero attached hydrogens (tertiary/aromatic N) is 1. The Balaban J connectivity index is 1.65. The van der Waals surface area contributed by atoms with Gasteiger partial charge in [-0.1, -0.05) is 38.1 Å². The van der Waals surface area contributed by atoms with E-state index in [1.54, 1.807) is 0 Å². The number of furan rings is 1. The molecule has 24 heavy (non-hydrogen) atoms. The normalized spacial score (nSPS) is 11.8. The topological polar surface area (TPSA) is 68.3 Å². The van der Waals surface area contributed by atoms with Crippen molar-refractivity contribution in [3.63, 3.8) is 0 Å². The predicted molar refractivity (Wildman–Crippen MR) is 92.2 cm³/mol. The molecule has 1 aromatic carbocycles. The average Bonchev–Trinajstić information content (AvgIpc) is 3.11. The van der Waals surface area contributed by atoms with Gasteiger partial charge in [-0.2, -0.15) is 0 Å². The van der Waals surface area contributed by atoms with Gasteiger partial charge < -0.3 is 14.3 Å². The molecule has 5 heteroatoms. The van der Waals surface area contributed by atoms with Crippen LogP contribution in [0.2, 0.25) is 0 Å². The number of rotatable bonds is 4. The minimum absolute atomic E-state index is 0.122. The number of hydrogen-bond donors (Lipinski definition) is 1. The lowest BCUT2D eigenvalue weighted by Crippen LogP contribution is -2.26. The van der Waals surface area contributed by atoms with Crippen LogP contribution in [0.3, 0.4) is 0 Å². The van der Waals surface area contributed by atoms with Crippen LogP contribution in [0, 0.1) is 6.92 Å². The zero-order chi connectivity index (χ0) is 17.3. The summed E-state index contributed by atoms with van der Waals surface area (Å²) in [6.45, 7) is 8.48. The van der Waals surface area contributed by atoms with Crippen LogP contribution in [-0.4, -0.2) is 17.6 Å². The second kappa shape index (κ2) is 6.15. The molecule has 0 atom stereocenters. The third-order valence-corrected chi connectivity index (χ3v) is 4.00. The summed E-state index contributed by atoms with van der Waals surface area (Å²) in [7, 11) is 0. The third kappa shape index (κ3) is 3.20. The molecule has 0 spiro atoms. The maximum atomic E-state index is 12.4. The molecule has 0 aliphatic heterocycles. The van der Waals surface area contributed by atoms with Gasteiger partial charge in [0.2, 0.25) is 0 Å². The molecule has 2 aromatic heterocycles. The zero-order valence-electron chi connectivity index (χ0n) is 14.5. The van der Waals surface area contributed by atoms with Gasteiger partial charge in [0, 0.05) is 23.8 Å². The first-order valence-electron chi connectivity index (χ1n) is 8.08. The highest BCUT2D eigenvalue weighted by Crippen LogP contribution is 2.27. The molecule has 1 amide bonds. The highest BCUT2D eigenvalue weighted by Gasteiger charge is 2.23. The predicted octanol–water partition coefficient (Wildman–Crippen LogP) is 4.00. The summed E-state index contributed by atoms with van der Waals surface area (Å²) in [6.07, 6.45) is 0.617. The van der Waals surface area contributed by atoms with E-state index in [1.165, 1.54) is 0 Å². The Hall–Kier alpha value is -2.56. The number of carbonyl (C=O) groups excluding carboxylic acids is 1. The molecule has 0 saturated heterocycles. The van der Waals surface area contributed by atoms with E-state index in [2.05, 4.69) is 31.2 Å². The summed E-state index contributed by atoms with van der Waals surface area (Å²) in [5, 5.41) is 7.99. The van der Waals surface area contributed by atoms with Gasteiger partial charge in [0.15, 0.2) is 5.58 Å². The van der Waals surface area contributed by atoms with Gasteiger partial charge in [-0.25, -0.2) is 0 Å². The zero-order valence-corrected chi connectivity index (χ0v) is 14.5. The largest absolute Gasteiger partial charge is 0.465 e. The molecule has 0 fully saturated rings. The molecule has 0 radical (unpaired) electrons. The van der Waals surface area contributed by atoms with E-state index in [0.29, 0.717) is 24.3 Å². The van der Waals surface area contributed by atoms with Crippen LogP contribution in [0.4, 0.5) is 0 Å². The molecular formula is C19H22N2O3. The summed E-state index contributed by atoms with van der Waals surface area (Å²) in [6, 6.07) is 9.54. The van der Waals surface area contributed by atoms with Crippen LogP contribution < -0.4 is 5.32 Å². The number of benzene rings is 1. The fourth-order valence-electron chi connectivity index (χ4n) is 2.59. The Morgan fingerprint density at radius 3 is 2.71 bits per heavy atom. The van der Waals surface area contributed by atoms with Crippen molar-refractivity contribution in [1.29, 1.82) is 0 Å². The van der Waals surface area contributed by atoms with E-state index in [1.807, 2.05) is 37.3 Å². The van der Waals surface area contributed by atoms with Gasteiger partial charge in [-0.15, -0.1) is 0 Å². The number of aryl methyl sites for hydroxylation is 1. The quantitative estimate of drug-likeness (QED) is 0.787. The summed E-state index contributed by atoms with van der Waals surface area (Å²) < 4.78 is 11.0. The van der Waals surface area contributed by atoms with E-state index < -0.39 is 0 Å². The number of fused-ring (bicyclic) bond motifs is 1. The third-order valence-electron chi connectivity index (χ3n) is 4.00. The fraction of sp³-hybridized carbons (Fsp3) is 0.368. The average molecular weight is 326 g/mol. The van der Waals surface area contributed by atoms with Crippen molar-refractivity contribution in [3.8, 4) is 0 Å². The highest BCUT2D eigenvalue weighted by atomic mass is 16.5. The van der Waals surface area contributed by atoms with Crippen LogP contribution in [0.15, 0.2) is 39.3 Å². The molecule has 0 bridgehead atoms. The number of amides is 1. The Morgan fingerprint density at radius 2 is 2.00 bits per heavy atom. The molecule has 5 nitrogen and oxygen atoms in total. The molecule has 3 aromatic rings. The first-order chi connectivity index (χ1) is 11.4. The molecule has 0 aliphatic rings. The van der Waals surface area contributed by atoms with Crippen molar-refractivity contribution >= 4 is 16.9 Å². The summed E-state index contributed by atoms with van der Waals surface area (Å²) in [4.78, 5) is 12.4. The van der Waals surface area contributed by atoms with E-state index in [0.717, 1.165) is 22.4 Å². The molecule has 1 N–H and O–H groups in total. The number of hydrogen-bond acceptors (Lipinski definition) is 4. The van der Waals surface area contributed by atoms with E-state index in [9.17, 15) is 4.79 Å². The SMILES string of the molecule is Cc1oc(C(C)(C)C)cc1C(=O)NCCc1noc2ccccc12. The van der Waals surface area contributed by atoms with E-state index in [4.69, 9.17) is 8.94 Å². The van der Waals surface area contributed by atoms with Crippen molar-refractivity contribution in [2.24, 2.45) is 0 Å². The molecule has 2 heterocycles. The highest BCUT2D eigenvalue weighted by molar-refractivity contribution is 5.95. The van der Waals surface area contributed by atoms with Crippen molar-refractivity contribution in [1.82, 2.24) is 10.5 Å². The second-order valence-electron chi connectivity index (χ2n) is 6.96. The van der Waals surface area contributed by atoms with Gasteiger partial charge in [-0.3, -0.25) is 4.79 Å². The lowest BCUT2D eigenvalue weighted by Gasteiger charge is -2.13. The minimum atomic E-state index is -0.125. The van der Waals surface area contributed by atoms with Crippen LogP contribution in [0.5, 0.6) is 0 Å². The summed E-state index contributed by atoms with van der Waals surface area (Å²) in [5.74, 6) is 1.33. The number of nitrogens with one attached hydrogen (secondary N) is 1. The van der Waals surface area contributed by atoms with Crippen LogP contribution in [-0.2, 0) is 11.8 Å². The van der Waals surface area contributed by atoms with Gasteiger partial charge in [0.05, 0.1) is 11.3 Å². The Labute approximate surface area is 141 Å². The lowest BCUT2D eigenvalue weighted by atomic mass is 9.93. The fourth-order valence-corrected chi connectivity index (χ4v) is 2.59. The number of para-hydroxylation sites is 1. The van der Waals surface area contributed by atoms with Crippen LogP contribution in [0.1, 0.15) is 48.3 Å². The van der Waals surface area contributed by atoms with Gasteiger partial charge in [-0.05, 0) is 25.1 Å². The van der Waals surface area contributed by atoms with E-state index in [-0.39, 0.29) is 11.3 Å². The Morgan fingerprint density at radius 1 is 1.25 bits per heavy atom. The van der Waals surface area contributed by atoms with Crippen molar-refractivity contribution in [2.45, 2.75) is 39.5 Å². The molecule has 3 rings (SSSR count). The molecule has 126 valence electrons. The van der Waals surface area contributed by atoms with Crippen molar-refractivity contribution < 1.29 is 13.7 Å². The Bertz CT molecular complexity index is 868. The first-order valence-corrected chi connectivity index (χ1v) is 8.08. The maximum Gasteiger partial charge on any atom is 0.254 e. The smallest absolute Gasteiger partial charge is 0.254 e. The number of aromatic nitrogens is 1. The standard InChI is InChI=1S/C19H22N2O3/c1-12-14(11-17(23-12)19(2,3)4)18(22)20-10-9-15-13-7-5-6-8-16(13)24-21-15/h5-8,11H,9-10H2,1-4H3,(H,20,22). The Kier molecular flexibility index (Phi) is 4.18. The van der Waals surface area contributed by atoms with Gasteiger partial charge >= 0.3 is 0 Å². The maximum absolute atomic E-state index is 12.4. The summed E-state index contributed by atoms with van der Waals surface area (Å²) >= 11 is 0. The van der Waals surface area contributed by atoms with Crippen LogP contribution in [0.25, 0.3) is 11.0 Å². The lowest BCUT2D eigenvalue weighted by molar-refractivity contribution is 0.0952. The minimum Gasteiger partial charge on any atom is -0.465 e. The van der Waals surface area contributed by atoms with Crippen molar-refractivity contribution in [2.75, 3.05) is 6.54 Å². The first kappa shape index (κ1) is 16.3. The molecule has 0 saturated carbocycles. The van der Waals surface area contributed by atoms with Gasteiger partial charge in [0.25, 0.3) is 5.91 Å².